The molecule has 3 N–H and O–H groups in total. The van der Waals surface area contributed by atoms with Crippen molar-refractivity contribution in [2.75, 3.05) is 5.32 Å². The Labute approximate surface area is 153 Å². The van der Waals surface area contributed by atoms with Crippen LogP contribution in [-0.2, 0) is 19.4 Å². The molecule has 1 heterocycles. The lowest BCUT2D eigenvalue weighted by molar-refractivity contribution is 1.05. The smallest absolute Gasteiger partial charge is 0.193 e. The van der Waals surface area contributed by atoms with Crippen LogP contribution in [0.1, 0.15) is 35.5 Å². The third kappa shape index (κ3) is 4.67. The van der Waals surface area contributed by atoms with E-state index in [0.29, 0.717) is 12.5 Å². The molecule has 0 fully saturated rings. The van der Waals surface area contributed by atoms with Gasteiger partial charge in [0.05, 0.1) is 17.7 Å². The highest BCUT2D eigenvalue weighted by Crippen LogP contribution is 2.22. The lowest BCUT2D eigenvalue weighted by Gasteiger charge is -2.14. The maximum absolute atomic E-state index is 6.04. The fourth-order valence-electron chi connectivity index (χ4n) is 2.21. The van der Waals surface area contributed by atoms with Crippen molar-refractivity contribution >= 4 is 47.0 Å². The molecule has 120 valence electrons. The number of thiazole rings is 1. The number of rotatable bonds is 5. The van der Waals surface area contributed by atoms with Crippen molar-refractivity contribution in [3.05, 3.63) is 45.4 Å². The molecule has 22 heavy (non-hydrogen) atoms. The van der Waals surface area contributed by atoms with Crippen molar-refractivity contribution in [2.45, 2.75) is 40.2 Å². The Hall–Kier alpha value is -1.15. The van der Waals surface area contributed by atoms with Crippen LogP contribution in [0.25, 0.3) is 0 Å². The van der Waals surface area contributed by atoms with Crippen molar-refractivity contribution in [2.24, 2.45) is 10.7 Å². The van der Waals surface area contributed by atoms with Crippen molar-refractivity contribution in [3.8, 4) is 0 Å². The van der Waals surface area contributed by atoms with E-state index in [1.165, 1.54) is 11.1 Å². The first-order valence-electron chi connectivity index (χ1n) is 7.22. The summed E-state index contributed by atoms with van der Waals surface area (Å²) in [6.45, 7) is 6.86. The van der Waals surface area contributed by atoms with Gasteiger partial charge in [-0.05, 0) is 30.9 Å². The fourth-order valence-corrected chi connectivity index (χ4v) is 2.91. The summed E-state index contributed by atoms with van der Waals surface area (Å²) in [5.41, 5.74) is 12.5. The molecule has 6 heteroatoms. The third-order valence-electron chi connectivity index (χ3n) is 3.49. The van der Waals surface area contributed by atoms with E-state index in [0.717, 1.165) is 29.1 Å². The minimum Gasteiger partial charge on any atom is -0.370 e. The summed E-state index contributed by atoms with van der Waals surface area (Å²) >= 11 is 1.61. The van der Waals surface area contributed by atoms with Gasteiger partial charge in [-0.3, -0.25) is 0 Å². The van der Waals surface area contributed by atoms with Gasteiger partial charge >= 0.3 is 0 Å². The molecule has 0 aliphatic rings. The first-order chi connectivity index (χ1) is 10.2. The van der Waals surface area contributed by atoms with E-state index in [9.17, 15) is 0 Å². The summed E-state index contributed by atoms with van der Waals surface area (Å²) in [5, 5.41) is 3.27. The zero-order valence-corrected chi connectivity index (χ0v) is 16.4. The van der Waals surface area contributed by atoms with Gasteiger partial charge in [0.1, 0.15) is 0 Å². The Balaban J connectivity index is 0.00000242. The van der Waals surface area contributed by atoms with E-state index < -0.39 is 0 Å². The number of para-hydroxylation sites is 1. The number of hydrogen-bond acceptors (Lipinski definition) is 3. The zero-order valence-electron chi connectivity index (χ0n) is 13.2. The quantitative estimate of drug-likeness (QED) is 0.426. The van der Waals surface area contributed by atoms with Crippen LogP contribution in [-0.4, -0.2) is 10.9 Å². The minimum absolute atomic E-state index is 0. The van der Waals surface area contributed by atoms with Gasteiger partial charge in [0.2, 0.25) is 0 Å². The Morgan fingerprint density at radius 3 is 2.41 bits per heavy atom. The van der Waals surface area contributed by atoms with Gasteiger partial charge in [0, 0.05) is 10.6 Å². The second kappa shape index (κ2) is 9.09. The Morgan fingerprint density at radius 2 is 1.91 bits per heavy atom. The average molecular weight is 430 g/mol. The van der Waals surface area contributed by atoms with Gasteiger partial charge < -0.3 is 11.1 Å². The minimum atomic E-state index is 0. The van der Waals surface area contributed by atoms with Crippen molar-refractivity contribution in [3.63, 3.8) is 0 Å². The summed E-state index contributed by atoms with van der Waals surface area (Å²) in [6, 6.07) is 6.35. The first-order valence-corrected chi connectivity index (χ1v) is 8.10. The molecule has 0 atom stereocenters. The highest BCUT2D eigenvalue weighted by molar-refractivity contribution is 14.0. The SMILES string of the molecule is CCc1cccc(CC)c1NC(N)=NCc1scnc1C.I. The largest absolute Gasteiger partial charge is 0.370 e. The molecule has 1 aromatic heterocycles. The highest BCUT2D eigenvalue weighted by Gasteiger charge is 2.07. The van der Waals surface area contributed by atoms with Crippen molar-refractivity contribution in [1.29, 1.82) is 0 Å². The van der Waals surface area contributed by atoms with Crippen LogP contribution in [0.4, 0.5) is 5.69 Å². The molecule has 2 aromatic rings. The van der Waals surface area contributed by atoms with Crippen LogP contribution in [0.2, 0.25) is 0 Å². The van der Waals surface area contributed by atoms with Crippen molar-refractivity contribution in [1.82, 2.24) is 4.98 Å². The molecular weight excluding hydrogens is 407 g/mol. The third-order valence-corrected chi connectivity index (χ3v) is 4.41. The summed E-state index contributed by atoms with van der Waals surface area (Å²) in [4.78, 5) is 9.80. The molecule has 2 rings (SSSR count). The number of guanidine groups is 1. The van der Waals surface area contributed by atoms with E-state index in [-0.39, 0.29) is 24.0 Å². The maximum Gasteiger partial charge on any atom is 0.193 e. The Morgan fingerprint density at radius 1 is 1.27 bits per heavy atom. The summed E-state index contributed by atoms with van der Waals surface area (Å²) in [6.07, 6.45) is 1.94. The molecule has 1 aromatic carbocycles. The Bertz CT molecular complexity index is 615. The number of nitrogens with zero attached hydrogens (tertiary/aromatic N) is 2. The topological polar surface area (TPSA) is 63.3 Å². The number of benzene rings is 1. The average Bonchev–Trinajstić information content (AvgIpc) is 2.90. The number of hydrogen-bond donors (Lipinski definition) is 2. The number of aryl methyl sites for hydroxylation is 3. The van der Waals surface area contributed by atoms with Crippen LogP contribution in [0.15, 0.2) is 28.7 Å². The zero-order chi connectivity index (χ0) is 15.2. The summed E-state index contributed by atoms with van der Waals surface area (Å²) < 4.78 is 0. The molecule has 0 amide bonds. The van der Waals surface area contributed by atoms with E-state index in [2.05, 4.69) is 47.3 Å². The second-order valence-corrected chi connectivity index (χ2v) is 5.79. The van der Waals surface area contributed by atoms with Crippen LogP contribution in [0, 0.1) is 6.92 Å². The molecule has 0 spiro atoms. The number of anilines is 1. The van der Waals surface area contributed by atoms with Gasteiger partial charge in [-0.2, -0.15) is 0 Å². The van der Waals surface area contributed by atoms with E-state index in [4.69, 9.17) is 5.73 Å². The van der Waals surface area contributed by atoms with Gasteiger partial charge in [-0.15, -0.1) is 35.3 Å². The predicted molar refractivity (Wildman–Crippen MR) is 106 cm³/mol. The van der Waals surface area contributed by atoms with Gasteiger partial charge in [-0.25, -0.2) is 9.98 Å². The maximum atomic E-state index is 6.04. The number of nitrogens with one attached hydrogen (secondary N) is 1. The van der Waals surface area contributed by atoms with Crippen LogP contribution >= 0.6 is 35.3 Å². The number of aliphatic imine (C=N–C) groups is 1. The molecule has 0 saturated carbocycles. The molecule has 0 aliphatic heterocycles. The molecule has 0 saturated heterocycles. The molecule has 0 aliphatic carbocycles. The molecule has 4 nitrogen and oxygen atoms in total. The predicted octanol–water partition coefficient (Wildman–Crippen LogP) is 4.12. The summed E-state index contributed by atoms with van der Waals surface area (Å²) in [5.74, 6) is 0.457. The first kappa shape index (κ1) is 18.9. The van der Waals surface area contributed by atoms with Crippen LogP contribution in [0.5, 0.6) is 0 Å². The normalized spacial score (nSPS) is 11.1. The van der Waals surface area contributed by atoms with E-state index in [1.807, 2.05) is 12.4 Å². The number of aromatic nitrogens is 1. The van der Waals surface area contributed by atoms with Crippen LogP contribution in [0.3, 0.4) is 0 Å². The molecule has 0 unspecified atom stereocenters. The van der Waals surface area contributed by atoms with Gasteiger partial charge in [-0.1, -0.05) is 32.0 Å². The van der Waals surface area contributed by atoms with Crippen molar-refractivity contribution < 1.29 is 0 Å². The Kier molecular flexibility index (Phi) is 7.81. The van der Waals surface area contributed by atoms with E-state index in [1.54, 1.807) is 11.3 Å². The van der Waals surface area contributed by atoms with E-state index >= 15 is 0 Å². The number of halogens is 1. The molecule has 0 bridgehead atoms. The van der Waals surface area contributed by atoms with Crippen LogP contribution < -0.4 is 11.1 Å². The van der Waals surface area contributed by atoms with Gasteiger partial charge in [0.25, 0.3) is 0 Å². The summed E-state index contributed by atoms with van der Waals surface area (Å²) in [7, 11) is 0. The molecule has 0 radical (unpaired) electrons. The second-order valence-electron chi connectivity index (χ2n) is 4.85. The molecular formula is C16H23IN4S. The lowest BCUT2D eigenvalue weighted by atomic mass is 10.0. The van der Waals surface area contributed by atoms with Gasteiger partial charge in [0.15, 0.2) is 5.96 Å². The lowest BCUT2D eigenvalue weighted by Crippen LogP contribution is -2.24. The standard InChI is InChI=1S/C16H22N4S.HI/c1-4-12-7-6-8-13(5-2)15(12)20-16(17)18-9-14-11(3)19-10-21-14;/h6-8,10H,4-5,9H2,1-3H3,(H3,17,18,20);1H. The highest BCUT2D eigenvalue weighted by atomic mass is 127. The number of nitrogens with two attached hydrogens (primary N) is 1. The fraction of sp³-hybridized carbons (Fsp3) is 0.375. The monoisotopic (exact) mass is 430 g/mol.